The molecule has 0 fully saturated rings. The Morgan fingerprint density at radius 2 is 1.70 bits per heavy atom. The number of halogens is 2. The number of carbonyl (C=O) groups is 1. The monoisotopic (exact) mass is 415 g/mol. The molecule has 2 heterocycles. The number of rotatable bonds is 3. The van der Waals surface area contributed by atoms with Crippen LogP contribution in [0.4, 0.5) is 0 Å². The molecule has 4 rings (SSSR count). The van der Waals surface area contributed by atoms with E-state index in [2.05, 4.69) is 0 Å². The second-order valence-electron chi connectivity index (χ2n) is 5.77. The number of aromatic nitrogens is 1. The van der Waals surface area contributed by atoms with Gasteiger partial charge in [0.2, 0.25) is 0 Å². The van der Waals surface area contributed by atoms with E-state index in [9.17, 15) is 14.7 Å². The van der Waals surface area contributed by atoms with Crippen molar-refractivity contribution < 1.29 is 9.90 Å². The number of hydrogen-bond donors (Lipinski definition) is 1. The average Bonchev–Trinajstić information content (AvgIpc) is 3.04. The quantitative estimate of drug-likeness (QED) is 0.465. The highest BCUT2D eigenvalue weighted by Crippen LogP contribution is 2.43. The van der Waals surface area contributed by atoms with Crippen molar-refractivity contribution in [2.75, 3.05) is 0 Å². The summed E-state index contributed by atoms with van der Waals surface area (Å²) in [7, 11) is 0. The number of hydrogen-bond acceptors (Lipinski definition) is 3. The number of carboxylic acids is 1. The number of fused-ring (bicyclic) bond motifs is 1. The predicted molar refractivity (Wildman–Crippen MR) is 110 cm³/mol. The summed E-state index contributed by atoms with van der Waals surface area (Å²) in [6.07, 6.45) is 0. The van der Waals surface area contributed by atoms with Crippen LogP contribution in [0.15, 0.2) is 65.5 Å². The Morgan fingerprint density at radius 3 is 2.41 bits per heavy atom. The van der Waals surface area contributed by atoms with E-state index in [0.717, 1.165) is 11.3 Å². The topological polar surface area (TPSA) is 59.3 Å². The van der Waals surface area contributed by atoms with Crippen molar-refractivity contribution in [3.8, 4) is 16.8 Å². The lowest BCUT2D eigenvalue weighted by atomic mass is 10.0. The first kappa shape index (κ1) is 17.8. The van der Waals surface area contributed by atoms with Gasteiger partial charge in [0.25, 0.3) is 5.56 Å². The summed E-state index contributed by atoms with van der Waals surface area (Å²) in [5, 5.41) is 11.0. The highest BCUT2D eigenvalue weighted by atomic mass is 35.5. The number of thiophene rings is 1. The molecule has 2 aromatic heterocycles. The Bertz CT molecular complexity index is 1250. The van der Waals surface area contributed by atoms with Gasteiger partial charge < -0.3 is 5.11 Å². The first-order chi connectivity index (χ1) is 13.0. The summed E-state index contributed by atoms with van der Waals surface area (Å²) in [6.45, 7) is 0. The van der Waals surface area contributed by atoms with Crippen molar-refractivity contribution in [2.45, 2.75) is 0 Å². The maximum absolute atomic E-state index is 12.6. The molecule has 0 amide bonds. The highest BCUT2D eigenvalue weighted by molar-refractivity contribution is 7.21. The van der Waals surface area contributed by atoms with Crippen molar-refractivity contribution in [1.29, 1.82) is 0 Å². The van der Waals surface area contributed by atoms with Crippen molar-refractivity contribution in [3.63, 3.8) is 0 Å². The lowest BCUT2D eigenvalue weighted by molar-refractivity contribution is 0.0703. The molecule has 0 aliphatic rings. The molecule has 134 valence electrons. The average molecular weight is 416 g/mol. The molecular formula is C20H11Cl2NO3S. The number of pyridine rings is 1. The number of aromatic carboxylic acids is 1. The SMILES string of the molecule is O=C(O)c1sc2c(ccc(=O)n2-c2ccccc2)c1-c1cccc(Cl)c1Cl. The van der Waals surface area contributed by atoms with Crippen molar-refractivity contribution in [2.24, 2.45) is 0 Å². The fourth-order valence-corrected chi connectivity index (χ4v) is 4.58. The van der Waals surface area contributed by atoms with Crippen molar-refractivity contribution >= 4 is 50.7 Å². The molecule has 4 aromatic rings. The Hall–Kier alpha value is -2.60. The van der Waals surface area contributed by atoms with Crippen LogP contribution < -0.4 is 5.56 Å². The third-order valence-electron chi connectivity index (χ3n) is 4.17. The molecule has 1 N–H and O–H groups in total. The summed E-state index contributed by atoms with van der Waals surface area (Å²) < 4.78 is 1.51. The second-order valence-corrected chi connectivity index (χ2v) is 7.56. The molecule has 0 saturated carbocycles. The minimum Gasteiger partial charge on any atom is -0.477 e. The summed E-state index contributed by atoms with van der Waals surface area (Å²) in [5.74, 6) is -1.09. The summed E-state index contributed by atoms with van der Waals surface area (Å²) >= 11 is 13.5. The molecule has 2 aromatic carbocycles. The first-order valence-electron chi connectivity index (χ1n) is 7.90. The van der Waals surface area contributed by atoms with Gasteiger partial charge in [-0.3, -0.25) is 9.36 Å². The van der Waals surface area contributed by atoms with Crippen molar-refractivity contribution in [3.05, 3.63) is 85.9 Å². The molecular weight excluding hydrogens is 405 g/mol. The number of carboxylic acid groups (broad SMARTS) is 1. The van der Waals surface area contributed by atoms with Gasteiger partial charge in [-0.05, 0) is 24.3 Å². The van der Waals surface area contributed by atoms with Crippen LogP contribution in [-0.2, 0) is 0 Å². The highest BCUT2D eigenvalue weighted by Gasteiger charge is 2.24. The Labute approximate surface area is 167 Å². The summed E-state index contributed by atoms with van der Waals surface area (Å²) in [4.78, 5) is 25.1. The van der Waals surface area contributed by atoms with E-state index in [4.69, 9.17) is 23.2 Å². The summed E-state index contributed by atoms with van der Waals surface area (Å²) in [5.41, 5.74) is 1.40. The minimum atomic E-state index is -1.09. The molecule has 7 heteroatoms. The van der Waals surface area contributed by atoms with Crippen LogP contribution in [0.1, 0.15) is 9.67 Å². The van der Waals surface area contributed by atoms with Crippen LogP contribution >= 0.6 is 34.5 Å². The van der Waals surface area contributed by atoms with Gasteiger partial charge in [-0.15, -0.1) is 11.3 Å². The van der Waals surface area contributed by atoms with Gasteiger partial charge in [0, 0.05) is 22.6 Å². The smallest absolute Gasteiger partial charge is 0.346 e. The Balaban J connectivity index is 2.15. The van der Waals surface area contributed by atoms with E-state index < -0.39 is 5.97 Å². The third-order valence-corrected chi connectivity index (χ3v) is 6.17. The van der Waals surface area contributed by atoms with Crippen LogP contribution in [-0.4, -0.2) is 15.6 Å². The number of benzene rings is 2. The molecule has 0 spiro atoms. The fraction of sp³-hybridized carbons (Fsp3) is 0. The van der Waals surface area contributed by atoms with E-state index >= 15 is 0 Å². The zero-order valence-electron chi connectivity index (χ0n) is 13.6. The Kier molecular flexibility index (Phi) is 4.52. The molecule has 27 heavy (non-hydrogen) atoms. The lowest BCUT2D eigenvalue weighted by Gasteiger charge is -2.09. The molecule has 0 aliphatic carbocycles. The van der Waals surface area contributed by atoms with E-state index in [1.165, 1.54) is 10.6 Å². The van der Waals surface area contributed by atoms with Crippen LogP contribution in [0.2, 0.25) is 10.0 Å². The third kappa shape index (κ3) is 2.94. The van der Waals surface area contributed by atoms with Crippen LogP contribution in [0.3, 0.4) is 0 Å². The molecule has 0 radical (unpaired) electrons. The van der Waals surface area contributed by atoms with Gasteiger partial charge in [0.1, 0.15) is 9.71 Å². The predicted octanol–water partition coefficient (Wildman–Crippen LogP) is 5.72. The van der Waals surface area contributed by atoms with Crippen LogP contribution in [0.25, 0.3) is 27.0 Å². The molecule has 0 bridgehead atoms. The van der Waals surface area contributed by atoms with E-state index in [1.54, 1.807) is 36.4 Å². The number of nitrogens with zero attached hydrogens (tertiary/aromatic N) is 1. The van der Waals surface area contributed by atoms with Crippen LogP contribution in [0.5, 0.6) is 0 Å². The summed E-state index contributed by atoms with van der Waals surface area (Å²) in [6, 6.07) is 17.2. The molecule has 0 saturated heterocycles. The van der Waals surface area contributed by atoms with Gasteiger partial charge >= 0.3 is 5.97 Å². The normalized spacial score (nSPS) is 11.0. The van der Waals surface area contributed by atoms with E-state index in [-0.39, 0.29) is 15.5 Å². The second kappa shape index (κ2) is 6.85. The van der Waals surface area contributed by atoms with Crippen LogP contribution in [0, 0.1) is 0 Å². The van der Waals surface area contributed by atoms with E-state index in [0.29, 0.717) is 32.1 Å². The van der Waals surface area contributed by atoms with Crippen molar-refractivity contribution in [1.82, 2.24) is 4.57 Å². The zero-order valence-corrected chi connectivity index (χ0v) is 16.0. The number of para-hydroxylation sites is 1. The van der Waals surface area contributed by atoms with Gasteiger partial charge in [-0.1, -0.05) is 53.5 Å². The molecule has 4 nitrogen and oxygen atoms in total. The molecule has 0 aliphatic heterocycles. The largest absolute Gasteiger partial charge is 0.477 e. The minimum absolute atomic E-state index is 0.101. The van der Waals surface area contributed by atoms with E-state index in [1.807, 2.05) is 18.2 Å². The first-order valence-corrected chi connectivity index (χ1v) is 9.48. The fourth-order valence-electron chi connectivity index (χ4n) is 3.02. The van der Waals surface area contributed by atoms with Gasteiger partial charge in [0.15, 0.2) is 0 Å². The zero-order chi connectivity index (χ0) is 19.1. The van der Waals surface area contributed by atoms with Gasteiger partial charge in [-0.2, -0.15) is 0 Å². The molecule has 0 atom stereocenters. The Morgan fingerprint density at radius 1 is 0.963 bits per heavy atom. The van der Waals surface area contributed by atoms with Gasteiger partial charge in [0.05, 0.1) is 15.7 Å². The lowest BCUT2D eigenvalue weighted by Crippen LogP contribution is -2.16. The van der Waals surface area contributed by atoms with Gasteiger partial charge in [-0.25, -0.2) is 4.79 Å². The standard InChI is InChI=1S/C20H11Cl2NO3S/c21-14-8-4-7-12(17(14)22)16-13-9-10-15(24)23(11-5-2-1-3-6-11)19(13)27-18(16)20(25)26/h1-10H,(H,25,26). The maximum atomic E-state index is 12.6. The molecule has 0 unspecified atom stereocenters. The maximum Gasteiger partial charge on any atom is 0.346 e.